The van der Waals surface area contributed by atoms with Gasteiger partial charge in [0.05, 0.1) is 12.2 Å². The number of hydrogen-bond donors (Lipinski definition) is 3. The predicted molar refractivity (Wildman–Crippen MR) is 118 cm³/mol. The molecule has 0 aromatic carbocycles. The van der Waals surface area contributed by atoms with E-state index in [-0.39, 0.29) is 29.1 Å². The summed E-state index contributed by atoms with van der Waals surface area (Å²) >= 11 is 0. The van der Waals surface area contributed by atoms with Gasteiger partial charge in [-0.2, -0.15) is 0 Å². The van der Waals surface area contributed by atoms with E-state index in [1.807, 2.05) is 13.0 Å². The molecule has 31 heavy (non-hydrogen) atoms. The Hall–Kier alpha value is -1.05. The van der Waals surface area contributed by atoms with Gasteiger partial charge in [0.2, 0.25) is 0 Å². The van der Waals surface area contributed by atoms with Crippen LogP contribution in [0.4, 0.5) is 0 Å². The second-order valence-electron chi connectivity index (χ2n) is 10.8. The Morgan fingerprint density at radius 3 is 2.65 bits per heavy atom. The fraction of sp³-hybridized carbons (Fsp3) is 0.800. The molecule has 0 amide bonds. The average Bonchev–Trinajstić information content (AvgIpc) is 2.72. The fourth-order valence-electron chi connectivity index (χ4n) is 5.98. The van der Waals surface area contributed by atoms with E-state index in [9.17, 15) is 20.1 Å². The molecule has 1 heterocycles. The van der Waals surface area contributed by atoms with Crippen molar-refractivity contribution >= 4 is 5.78 Å². The zero-order chi connectivity index (χ0) is 23.2. The number of ketones is 1. The van der Waals surface area contributed by atoms with Gasteiger partial charge >= 0.3 is 0 Å². The van der Waals surface area contributed by atoms with Gasteiger partial charge in [-0.15, -0.1) is 6.58 Å². The molecule has 0 aromatic heterocycles. The first-order chi connectivity index (χ1) is 14.4. The molecule has 3 N–H and O–H groups in total. The quantitative estimate of drug-likeness (QED) is 0.554. The highest BCUT2D eigenvalue weighted by Crippen LogP contribution is 2.61. The molecule has 6 heteroatoms. The van der Waals surface area contributed by atoms with Crippen LogP contribution in [0.25, 0.3) is 0 Å². The van der Waals surface area contributed by atoms with Gasteiger partial charge in [0.15, 0.2) is 12.1 Å². The monoisotopic (exact) mass is 436 g/mol. The Morgan fingerprint density at radius 2 is 2.00 bits per heavy atom. The third-order valence-corrected chi connectivity index (χ3v) is 8.90. The maximum absolute atomic E-state index is 12.5. The minimum Gasteiger partial charge on any atom is -0.388 e. The largest absolute Gasteiger partial charge is 0.388 e. The third kappa shape index (κ3) is 4.42. The third-order valence-electron chi connectivity index (χ3n) is 8.90. The molecule has 176 valence electrons. The highest BCUT2D eigenvalue weighted by atomic mass is 16.7. The molecule has 2 aliphatic carbocycles. The number of allylic oxidation sites excluding steroid dienone is 2. The smallest absolute Gasteiger partial charge is 0.187 e. The van der Waals surface area contributed by atoms with Crippen molar-refractivity contribution in [2.24, 2.45) is 22.7 Å². The fourth-order valence-corrected chi connectivity index (χ4v) is 5.98. The van der Waals surface area contributed by atoms with Crippen LogP contribution >= 0.6 is 0 Å². The maximum atomic E-state index is 12.5. The molecular formula is C25H40O6. The van der Waals surface area contributed by atoms with Crippen molar-refractivity contribution in [1.29, 1.82) is 0 Å². The summed E-state index contributed by atoms with van der Waals surface area (Å²) in [4.78, 5) is 12.5. The number of aliphatic hydroxyl groups excluding tert-OH is 3. The van der Waals surface area contributed by atoms with Gasteiger partial charge in [0.1, 0.15) is 18.3 Å². The van der Waals surface area contributed by atoms with Crippen LogP contribution < -0.4 is 0 Å². The lowest BCUT2D eigenvalue weighted by molar-refractivity contribution is -0.293. The van der Waals surface area contributed by atoms with Crippen molar-refractivity contribution in [1.82, 2.24) is 0 Å². The maximum Gasteiger partial charge on any atom is 0.187 e. The van der Waals surface area contributed by atoms with Crippen LogP contribution in [0, 0.1) is 22.7 Å². The molecule has 9 atom stereocenters. The van der Waals surface area contributed by atoms with Crippen LogP contribution in [0.1, 0.15) is 66.7 Å². The summed E-state index contributed by atoms with van der Waals surface area (Å²) in [5, 5.41) is 30.0. The van der Waals surface area contributed by atoms with E-state index < -0.39 is 30.2 Å². The van der Waals surface area contributed by atoms with E-state index in [1.54, 1.807) is 6.08 Å². The van der Waals surface area contributed by atoms with Gasteiger partial charge in [-0.3, -0.25) is 4.79 Å². The van der Waals surface area contributed by atoms with Crippen molar-refractivity contribution in [3.05, 3.63) is 24.3 Å². The Labute approximate surface area is 186 Å². The lowest BCUT2D eigenvalue weighted by Gasteiger charge is -2.58. The molecule has 1 saturated heterocycles. The predicted octanol–water partition coefficient (Wildman–Crippen LogP) is 3.14. The van der Waals surface area contributed by atoms with Crippen molar-refractivity contribution in [3.8, 4) is 0 Å². The summed E-state index contributed by atoms with van der Waals surface area (Å²) in [6, 6.07) is 0. The van der Waals surface area contributed by atoms with Crippen LogP contribution in [0.5, 0.6) is 0 Å². The van der Waals surface area contributed by atoms with Crippen molar-refractivity contribution in [2.75, 3.05) is 6.61 Å². The summed E-state index contributed by atoms with van der Waals surface area (Å²) in [6.45, 7) is 14.7. The normalized spacial score (nSPS) is 45.4. The van der Waals surface area contributed by atoms with Gasteiger partial charge in [0.25, 0.3) is 0 Å². The van der Waals surface area contributed by atoms with Gasteiger partial charge in [-0.05, 0) is 68.3 Å². The highest BCUT2D eigenvalue weighted by molar-refractivity contribution is 5.92. The molecule has 1 saturated carbocycles. The zero-order valence-corrected chi connectivity index (χ0v) is 19.6. The van der Waals surface area contributed by atoms with Crippen LogP contribution in [-0.2, 0) is 14.3 Å². The van der Waals surface area contributed by atoms with E-state index in [4.69, 9.17) is 9.47 Å². The lowest BCUT2D eigenvalue weighted by atomic mass is 9.46. The van der Waals surface area contributed by atoms with E-state index in [1.165, 1.54) is 5.57 Å². The Balaban J connectivity index is 1.77. The van der Waals surface area contributed by atoms with E-state index in [0.29, 0.717) is 18.8 Å². The minimum atomic E-state index is -1.33. The van der Waals surface area contributed by atoms with Gasteiger partial charge in [-0.1, -0.05) is 32.4 Å². The SMILES string of the molecule is C=C[C@](C)(CC[C@@]1(C)[C@H](C)CC[C@]2(C)C(C)=CC(=O)C[C@H]12)O[C@H]1OC[C@H](O)[C@@H](O)[C@@H]1O. The van der Waals surface area contributed by atoms with Crippen LogP contribution in [0.15, 0.2) is 24.3 Å². The number of carbonyl (C=O) groups excluding carboxylic acids is 1. The lowest BCUT2D eigenvalue weighted by Crippen LogP contribution is -2.56. The summed E-state index contributed by atoms with van der Waals surface area (Å²) < 4.78 is 11.6. The van der Waals surface area contributed by atoms with Gasteiger partial charge < -0.3 is 24.8 Å². The van der Waals surface area contributed by atoms with Gasteiger partial charge in [0, 0.05) is 6.42 Å². The first-order valence-electron chi connectivity index (χ1n) is 11.5. The number of rotatable bonds is 6. The topological polar surface area (TPSA) is 96.2 Å². The minimum absolute atomic E-state index is 0.0313. The molecule has 0 spiro atoms. The molecule has 3 aliphatic rings. The summed E-state index contributed by atoms with van der Waals surface area (Å²) in [5.41, 5.74) is 0.395. The second kappa shape index (κ2) is 8.71. The van der Waals surface area contributed by atoms with E-state index >= 15 is 0 Å². The van der Waals surface area contributed by atoms with Crippen molar-refractivity contribution in [3.63, 3.8) is 0 Å². The number of carbonyl (C=O) groups is 1. The van der Waals surface area contributed by atoms with Crippen LogP contribution in [0.2, 0.25) is 0 Å². The molecule has 0 radical (unpaired) electrons. The second-order valence-corrected chi connectivity index (χ2v) is 10.8. The first kappa shape index (κ1) is 24.6. The molecular weight excluding hydrogens is 396 g/mol. The molecule has 1 aliphatic heterocycles. The summed E-state index contributed by atoms with van der Waals surface area (Å²) in [5.74, 6) is 0.949. The summed E-state index contributed by atoms with van der Waals surface area (Å²) in [6.07, 6.45) is 3.01. The van der Waals surface area contributed by atoms with Crippen LogP contribution in [0.3, 0.4) is 0 Å². The zero-order valence-electron chi connectivity index (χ0n) is 19.6. The number of aliphatic hydroxyl groups is 3. The number of ether oxygens (including phenoxy) is 2. The average molecular weight is 437 g/mol. The van der Waals surface area contributed by atoms with Gasteiger partial charge in [-0.25, -0.2) is 0 Å². The number of hydrogen-bond acceptors (Lipinski definition) is 6. The molecule has 0 unspecified atom stereocenters. The molecule has 0 bridgehead atoms. The highest BCUT2D eigenvalue weighted by Gasteiger charge is 2.54. The van der Waals surface area contributed by atoms with Crippen LogP contribution in [-0.4, -0.2) is 57.9 Å². The summed E-state index contributed by atoms with van der Waals surface area (Å²) in [7, 11) is 0. The Kier molecular flexibility index (Phi) is 6.91. The van der Waals surface area contributed by atoms with E-state index in [2.05, 4.69) is 34.3 Å². The molecule has 3 rings (SSSR count). The van der Waals surface area contributed by atoms with Crippen molar-refractivity contribution in [2.45, 2.75) is 96.9 Å². The molecule has 0 aromatic rings. The standard InChI is InChI=1S/C25H40O6/c1-7-23(4,31-22-21(29)20(28)18(27)14-30-22)10-11-25(6)15(2)8-9-24(5)16(3)12-17(26)13-19(24)25/h7,12,15,18-22,27-29H,1,8-11,13-14H2,2-6H3/t15-,18+,19+,20-,21+,22-,23-,24-,25+/m1/s1. The Morgan fingerprint density at radius 1 is 1.32 bits per heavy atom. The molecule has 6 nitrogen and oxygen atoms in total. The van der Waals surface area contributed by atoms with Crippen molar-refractivity contribution < 1.29 is 29.6 Å². The molecule has 2 fully saturated rings. The number of fused-ring (bicyclic) bond motifs is 1. The first-order valence-corrected chi connectivity index (χ1v) is 11.5. The Bertz CT molecular complexity index is 734. The van der Waals surface area contributed by atoms with E-state index in [0.717, 1.165) is 19.3 Å².